The Morgan fingerprint density at radius 1 is 1.40 bits per heavy atom. The van der Waals surface area contributed by atoms with E-state index >= 15 is 0 Å². The van der Waals surface area contributed by atoms with E-state index in [1.165, 1.54) is 0 Å². The van der Waals surface area contributed by atoms with Crippen LogP contribution in [0.4, 0.5) is 10.5 Å². The van der Waals surface area contributed by atoms with E-state index in [1.807, 2.05) is 19.1 Å². The zero-order valence-electron chi connectivity index (χ0n) is 11.3. The molecule has 0 aliphatic carbocycles. The SMILES string of the molecule is C/C=C/CCNC(=O)Nc1cccc(OCC(=O)O)c1. The minimum absolute atomic E-state index is 0.315. The van der Waals surface area contributed by atoms with E-state index in [1.54, 1.807) is 24.3 Å². The molecular formula is C14H18N2O4. The molecule has 0 aliphatic heterocycles. The van der Waals surface area contributed by atoms with Gasteiger partial charge < -0.3 is 20.5 Å². The van der Waals surface area contributed by atoms with Crippen LogP contribution in [0.1, 0.15) is 13.3 Å². The molecule has 0 aromatic heterocycles. The summed E-state index contributed by atoms with van der Waals surface area (Å²) in [6.07, 6.45) is 4.65. The molecule has 108 valence electrons. The third kappa shape index (κ3) is 6.44. The summed E-state index contributed by atoms with van der Waals surface area (Å²) >= 11 is 0. The lowest BCUT2D eigenvalue weighted by atomic mass is 10.3. The van der Waals surface area contributed by atoms with Crippen molar-refractivity contribution in [2.45, 2.75) is 13.3 Å². The topological polar surface area (TPSA) is 87.7 Å². The number of hydrogen-bond acceptors (Lipinski definition) is 3. The number of amides is 2. The number of allylic oxidation sites excluding steroid dienone is 1. The third-order valence-corrected chi connectivity index (χ3v) is 2.29. The molecule has 0 unspecified atom stereocenters. The van der Waals surface area contributed by atoms with Crippen LogP contribution in [-0.4, -0.2) is 30.3 Å². The Labute approximate surface area is 117 Å². The number of nitrogens with one attached hydrogen (secondary N) is 2. The summed E-state index contributed by atoms with van der Waals surface area (Å²) in [5, 5.41) is 13.9. The Morgan fingerprint density at radius 2 is 2.20 bits per heavy atom. The molecule has 0 fully saturated rings. The van der Waals surface area contributed by atoms with E-state index < -0.39 is 12.6 Å². The normalized spacial score (nSPS) is 10.2. The largest absolute Gasteiger partial charge is 0.482 e. The van der Waals surface area contributed by atoms with Crippen LogP contribution in [0.5, 0.6) is 5.75 Å². The van der Waals surface area contributed by atoms with E-state index in [9.17, 15) is 9.59 Å². The van der Waals surface area contributed by atoms with E-state index in [4.69, 9.17) is 9.84 Å². The highest BCUT2D eigenvalue weighted by Gasteiger charge is 2.03. The van der Waals surface area contributed by atoms with E-state index in [2.05, 4.69) is 10.6 Å². The Balaban J connectivity index is 2.44. The number of anilines is 1. The fourth-order valence-electron chi connectivity index (χ4n) is 1.42. The maximum Gasteiger partial charge on any atom is 0.341 e. The Hall–Kier alpha value is -2.50. The summed E-state index contributed by atoms with van der Waals surface area (Å²) < 4.78 is 5.02. The highest BCUT2D eigenvalue weighted by atomic mass is 16.5. The standard InChI is InChI=1S/C14H18N2O4/c1-2-3-4-8-15-14(19)16-11-6-5-7-12(9-11)20-10-13(17)18/h2-3,5-7,9H,4,8,10H2,1H3,(H,17,18)(H2,15,16,19)/b3-2+. The van der Waals surface area contributed by atoms with Crippen molar-refractivity contribution in [2.24, 2.45) is 0 Å². The van der Waals surface area contributed by atoms with Crippen LogP contribution < -0.4 is 15.4 Å². The lowest BCUT2D eigenvalue weighted by Gasteiger charge is -2.08. The van der Waals surface area contributed by atoms with Crippen molar-refractivity contribution in [1.29, 1.82) is 0 Å². The molecule has 20 heavy (non-hydrogen) atoms. The molecule has 0 saturated heterocycles. The average Bonchev–Trinajstić information content (AvgIpc) is 2.42. The van der Waals surface area contributed by atoms with Crippen LogP contribution in [0.15, 0.2) is 36.4 Å². The van der Waals surface area contributed by atoms with Gasteiger partial charge in [-0.05, 0) is 25.5 Å². The molecule has 2 amide bonds. The lowest BCUT2D eigenvalue weighted by molar-refractivity contribution is -0.139. The van der Waals surface area contributed by atoms with Crippen molar-refractivity contribution in [3.05, 3.63) is 36.4 Å². The van der Waals surface area contributed by atoms with Crippen molar-refractivity contribution in [2.75, 3.05) is 18.5 Å². The highest BCUT2D eigenvalue weighted by molar-refractivity contribution is 5.89. The van der Waals surface area contributed by atoms with Gasteiger partial charge in [-0.25, -0.2) is 9.59 Å². The molecular weight excluding hydrogens is 260 g/mol. The summed E-state index contributed by atoms with van der Waals surface area (Å²) in [6, 6.07) is 6.24. The zero-order chi connectivity index (χ0) is 14.8. The smallest absolute Gasteiger partial charge is 0.341 e. The van der Waals surface area contributed by atoms with Crippen LogP contribution in [0.25, 0.3) is 0 Å². The monoisotopic (exact) mass is 278 g/mol. The lowest BCUT2D eigenvalue weighted by Crippen LogP contribution is -2.29. The molecule has 3 N–H and O–H groups in total. The van der Waals surface area contributed by atoms with Crippen molar-refractivity contribution < 1.29 is 19.4 Å². The van der Waals surface area contributed by atoms with Gasteiger partial charge in [0.2, 0.25) is 0 Å². The van der Waals surface area contributed by atoms with Crippen LogP contribution in [-0.2, 0) is 4.79 Å². The van der Waals surface area contributed by atoms with Crippen molar-refractivity contribution in [3.63, 3.8) is 0 Å². The summed E-state index contributed by atoms with van der Waals surface area (Å²) in [7, 11) is 0. The molecule has 0 aliphatic rings. The van der Waals surface area contributed by atoms with Gasteiger partial charge in [0.05, 0.1) is 0 Å². The number of carboxylic acid groups (broad SMARTS) is 1. The zero-order valence-corrected chi connectivity index (χ0v) is 11.3. The number of hydrogen-bond donors (Lipinski definition) is 3. The first-order valence-electron chi connectivity index (χ1n) is 6.22. The van der Waals surface area contributed by atoms with E-state index in [0.29, 0.717) is 18.0 Å². The summed E-state index contributed by atoms with van der Waals surface area (Å²) in [6.45, 7) is 2.05. The first-order valence-corrected chi connectivity index (χ1v) is 6.22. The van der Waals surface area contributed by atoms with E-state index in [-0.39, 0.29) is 6.03 Å². The number of ether oxygens (including phenoxy) is 1. The Kier molecular flexibility index (Phi) is 6.67. The van der Waals surface area contributed by atoms with Crippen molar-refractivity contribution in [1.82, 2.24) is 5.32 Å². The summed E-state index contributed by atoms with van der Waals surface area (Å²) in [5.41, 5.74) is 0.538. The summed E-state index contributed by atoms with van der Waals surface area (Å²) in [5.74, 6) is -0.663. The molecule has 6 nitrogen and oxygen atoms in total. The van der Waals surface area contributed by atoms with Gasteiger partial charge in [-0.1, -0.05) is 18.2 Å². The second-order valence-electron chi connectivity index (χ2n) is 3.95. The van der Waals surface area contributed by atoms with Gasteiger partial charge in [-0.15, -0.1) is 0 Å². The Bertz CT molecular complexity index is 486. The molecule has 0 spiro atoms. The van der Waals surface area contributed by atoms with Gasteiger partial charge in [0.25, 0.3) is 0 Å². The number of rotatable bonds is 7. The summed E-state index contributed by atoms with van der Waals surface area (Å²) in [4.78, 5) is 22.0. The predicted molar refractivity (Wildman–Crippen MR) is 76.0 cm³/mol. The van der Waals surface area contributed by atoms with Crippen molar-refractivity contribution in [3.8, 4) is 5.75 Å². The van der Waals surface area contributed by atoms with Crippen LogP contribution >= 0.6 is 0 Å². The van der Waals surface area contributed by atoms with Crippen LogP contribution in [0.3, 0.4) is 0 Å². The Morgan fingerprint density at radius 3 is 2.90 bits per heavy atom. The molecule has 0 bridgehead atoms. The van der Waals surface area contributed by atoms with Gasteiger partial charge >= 0.3 is 12.0 Å². The van der Waals surface area contributed by atoms with Gasteiger partial charge in [0, 0.05) is 18.3 Å². The number of carbonyl (C=O) groups excluding carboxylic acids is 1. The molecule has 0 radical (unpaired) electrons. The van der Waals surface area contributed by atoms with E-state index in [0.717, 1.165) is 6.42 Å². The van der Waals surface area contributed by atoms with Gasteiger partial charge in [-0.3, -0.25) is 0 Å². The van der Waals surface area contributed by atoms with Crippen molar-refractivity contribution >= 4 is 17.7 Å². The maximum absolute atomic E-state index is 11.6. The molecule has 1 rings (SSSR count). The second-order valence-corrected chi connectivity index (χ2v) is 3.95. The number of carboxylic acids is 1. The molecule has 1 aromatic carbocycles. The number of benzene rings is 1. The molecule has 0 heterocycles. The van der Waals surface area contributed by atoms with Gasteiger partial charge in [-0.2, -0.15) is 0 Å². The second kappa shape index (κ2) is 8.58. The first-order chi connectivity index (χ1) is 9.61. The third-order valence-electron chi connectivity index (χ3n) is 2.29. The number of aliphatic carboxylic acids is 1. The highest BCUT2D eigenvalue weighted by Crippen LogP contribution is 2.17. The fourth-order valence-corrected chi connectivity index (χ4v) is 1.42. The minimum Gasteiger partial charge on any atom is -0.482 e. The minimum atomic E-state index is -1.05. The number of urea groups is 1. The quantitative estimate of drug-likeness (QED) is 0.527. The average molecular weight is 278 g/mol. The van der Waals surface area contributed by atoms with Crippen LogP contribution in [0, 0.1) is 0 Å². The molecule has 0 atom stereocenters. The number of carbonyl (C=O) groups is 2. The predicted octanol–water partition coefficient (Wildman–Crippen LogP) is 2.24. The van der Waals surface area contributed by atoms with Gasteiger partial charge in [0.1, 0.15) is 5.75 Å². The molecule has 0 saturated carbocycles. The first kappa shape index (κ1) is 15.6. The molecule has 1 aromatic rings. The van der Waals surface area contributed by atoms with Crippen LogP contribution in [0.2, 0.25) is 0 Å². The molecule has 6 heteroatoms. The fraction of sp³-hybridized carbons (Fsp3) is 0.286. The van der Waals surface area contributed by atoms with Gasteiger partial charge in [0.15, 0.2) is 6.61 Å². The maximum atomic E-state index is 11.6.